The van der Waals surface area contributed by atoms with E-state index in [1.54, 1.807) is 9.80 Å². The van der Waals surface area contributed by atoms with Crippen LogP contribution in [0, 0.1) is 0 Å². The van der Waals surface area contributed by atoms with Crippen LogP contribution in [0.3, 0.4) is 0 Å². The van der Waals surface area contributed by atoms with Gasteiger partial charge >= 0.3 is 6.03 Å². The minimum atomic E-state index is 0.100. The van der Waals surface area contributed by atoms with Crippen molar-refractivity contribution in [3.63, 3.8) is 0 Å². The molecule has 2 amide bonds. The number of nitrogens with two attached hydrogens (primary N) is 1. The molecule has 11 heavy (non-hydrogen) atoms. The summed E-state index contributed by atoms with van der Waals surface area (Å²) in [5, 5.41) is 0. The Bertz CT molecular complexity index is 160. The molecule has 0 radical (unpaired) electrons. The highest BCUT2D eigenvalue weighted by Crippen LogP contribution is 2.13. The molecule has 4 nitrogen and oxygen atoms in total. The monoisotopic (exact) mass is 157 g/mol. The normalized spacial score (nSPS) is 25.0. The minimum absolute atomic E-state index is 0.100. The van der Waals surface area contributed by atoms with Crippen molar-refractivity contribution < 1.29 is 4.79 Å². The molecule has 1 aliphatic heterocycles. The molecule has 0 saturated carbocycles. The van der Waals surface area contributed by atoms with Crippen molar-refractivity contribution in [2.24, 2.45) is 5.73 Å². The molecule has 1 unspecified atom stereocenters. The number of carbonyl (C=O) groups excluding carboxylic acids is 1. The van der Waals surface area contributed by atoms with Crippen molar-refractivity contribution in [2.45, 2.75) is 12.5 Å². The second-order valence-electron chi connectivity index (χ2n) is 3.01. The van der Waals surface area contributed by atoms with Crippen LogP contribution in [0.2, 0.25) is 0 Å². The van der Waals surface area contributed by atoms with Crippen molar-refractivity contribution >= 4 is 6.03 Å². The molecule has 4 heteroatoms. The van der Waals surface area contributed by atoms with Crippen LogP contribution in [-0.2, 0) is 0 Å². The van der Waals surface area contributed by atoms with Gasteiger partial charge in [-0.2, -0.15) is 0 Å². The van der Waals surface area contributed by atoms with Gasteiger partial charge in [0.05, 0.1) is 6.04 Å². The molecule has 1 atom stereocenters. The first kappa shape index (κ1) is 8.33. The summed E-state index contributed by atoms with van der Waals surface area (Å²) in [5.41, 5.74) is 5.40. The Labute approximate surface area is 66.9 Å². The molecule has 0 aromatic carbocycles. The Hall–Kier alpha value is -0.770. The fourth-order valence-corrected chi connectivity index (χ4v) is 1.42. The second kappa shape index (κ2) is 3.09. The van der Waals surface area contributed by atoms with Gasteiger partial charge in [0, 0.05) is 20.6 Å². The van der Waals surface area contributed by atoms with Gasteiger partial charge in [0.1, 0.15) is 0 Å². The fraction of sp³-hybridized carbons (Fsp3) is 0.857. The lowest BCUT2D eigenvalue weighted by Crippen LogP contribution is -2.31. The molecule has 64 valence electrons. The molecule has 1 fully saturated rings. The van der Waals surface area contributed by atoms with Crippen molar-refractivity contribution in [1.29, 1.82) is 0 Å². The summed E-state index contributed by atoms with van der Waals surface area (Å²) < 4.78 is 0. The van der Waals surface area contributed by atoms with E-state index in [1.807, 2.05) is 14.1 Å². The van der Waals surface area contributed by atoms with Gasteiger partial charge in [-0.25, -0.2) is 4.79 Å². The standard InChI is InChI=1S/C7H15N3O/c1-9-5-6(3-4-8)10(2)7(9)11/h6H,3-5,8H2,1-2H3. The molecule has 1 saturated heterocycles. The number of hydrogen-bond acceptors (Lipinski definition) is 2. The van der Waals surface area contributed by atoms with Crippen LogP contribution in [0.1, 0.15) is 6.42 Å². The summed E-state index contributed by atoms with van der Waals surface area (Å²) in [7, 11) is 3.64. The molecule has 0 aromatic rings. The van der Waals surface area contributed by atoms with Crippen LogP contribution in [0.4, 0.5) is 4.79 Å². The number of urea groups is 1. The van der Waals surface area contributed by atoms with Gasteiger partial charge in [0.15, 0.2) is 0 Å². The SMILES string of the molecule is CN1CC(CCN)N(C)C1=O. The maximum Gasteiger partial charge on any atom is 0.319 e. The third kappa shape index (κ3) is 1.45. The van der Waals surface area contributed by atoms with Crippen LogP contribution in [0.15, 0.2) is 0 Å². The smallest absolute Gasteiger partial charge is 0.319 e. The zero-order valence-electron chi connectivity index (χ0n) is 7.08. The summed E-state index contributed by atoms with van der Waals surface area (Å²) in [6.07, 6.45) is 0.895. The predicted molar refractivity (Wildman–Crippen MR) is 43.2 cm³/mol. The zero-order valence-corrected chi connectivity index (χ0v) is 7.08. The lowest BCUT2D eigenvalue weighted by molar-refractivity contribution is 0.200. The molecular formula is C7H15N3O. The molecule has 1 heterocycles. The number of carbonyl (C=O) groups is 1. The van der Waals surface area contributed by atoms with Gasteiger partial charge in [-0.3, -0.25) is 0 Å². The van der Waals surface area contributed by atoms with Gasteiger partial charge < -0.3 is 15.5 Å². The summed E-state index contributed by atoms with van der Waals surface area (Å²) in [5.74, 6) is 0. The Kier molecular flexibility index (Phi) is 2.34. The van der Waals surface area contributed by atoms with E-state index in [1.165, 1.54) is 0 Å². The average molecular weight is 157 g/mol. The van der Waals surface area contributed by atoms with E-state index in [4.69, 9.17) is 5.73 Å². The number of hydrogen-bond donors (Lipinski definition) is 1. The molecule has 0 spiro atoms. The lowest BCUT2D eigenvalue weighted by atomic mass is 10.2. The molecule has 2 N–H and O–H groups in total. The van der Waals surface area contributed by atoms with E-state index in [0.717, 1.165) is 13.0 Å². The van der Waals surface area contributed by atoms with Gasteiger partial charge in [0.25, 0.3) is 0 Å². The van der Waals surface area contributed by atoms with Crippen molar-refractivity contribution in [3.05, 3.63) is 0 Å². The van der Waals surface area contributed by atoms with E-state index in [9.17, 15) is 4.79 Å². The molecule has 0 bridgehead atoms. The maximum absolute atomic E-state index is 11.2. The topological polar surface area (TPSA) is 49.6 Å². The Morgan fingerprint density at radius 1 is 1.64 bits per heavy atom. The first-order chi connectivity index (χ1) is 5.16. The quantitative estimate of drug-likeness (QED) is 0.598. The van der Waals surface area contributed by atoms with Crippen molar-refractivity contribution in [3.8, 4) is 0 Å². The van der Waals surface area contributed by atoms with E-state index in [-0.39, 0.29) is 6.03 Å². The Balaban J connectivity index is 2.52. The highest BCUT2D eigenvalue weighted by Gasteiger charge is 2.30. The summed E-state index contributed by atoms with van der Waals surface area (Å²) in [6.45, 7) is 1.46. The molecule has 1 aliphatic rings. The summed E-state index contributed by atoms with van der Waals surface area (Å²) >= 11 is 0. The average Bonchev–Trinajstić information content (AvgIpc) is 2.19. The summed E-state index contributed by atoms with van der Waals surface area (Å²) in [6, 6.07) is 0.418. The van der Waals surface area contributed by atoms with E-state index < -0.39 is 0 Å². The largest absolute Gasteiger partial charge is 0.330 e. The number of amides is 2. The lowest BCUT2D eigenvalue weighted by Gasteiger charge is -2.15. The first-order valence-electron chi connectivity index (χ1n) is 3.84. The molecule has 0 aromatic heterocycles. The van der Waals surface area contributed by atoms with E-state index in [0.29, 0.717) is 12.6 Å². The highest BCUT2D eigenvalue weighted by atomic mass is 16.2. The Morgan fingerprint density at radius 3 is 2.64 bits per heavy atom. The number of likely N-dealkylation sites (N-methyl/N-ethyl adjacent to an activating group) is 2. The van der Waals surface area contributed by atoms with Crippen LogP contribution >= 0.6 is 0 Å². The number of nitrogens with zero attached hydrogens (tertiary/aromatic N) is 2. The van der Waals surface area contributed by atoms with Gasteiger partial charge in [-0.05, 0) is 13.0 Å². The predicted octanol–water partition coefficient (Wildman–Crippen LogP) is -0.299. The molecule has 0 aliphatic carbocycles. The fourth-order valence-electron chi connectivity index (χ4n) is 1.42. The molecule has 1 rings (SSSR count). The second-order valence-corrected chi connectivity index (χ2v) is 3.01. The van der Waals surface area contributed by atoms with E-state index in [2.05, 4.69) is 0 Å². The van der Waals surface area contributed by atoms with Gasteiger partial charge in [-0.15, -0.1) is 0 Å². The minimum Gasteiger partial charge on any atom is -0.330 e. The highest BCUT2D eigenvalue weighted by molar-refractivity contribution is 5.76. The third-order valence-electron chi connectivity index (χ3n) is 2.16. The van der Waals surface area contributed by atoms with E-state index >= 15 is 0 Å². The Morgan fingerprint density at radius 2 is 2.27 bits per heavy atom. The third-order valence-corrected chi connectivity index (χ3v) is 2.16. The van der Waals surface area contributed by atoms with Crippen molar-refractivity contribution in [2.75, 3.05) is 27.2 Å². The van der Waals surface area contributed by atoms with Crippen molar-refractivity contribution in [1.82, 2.24) is 9.80 Å². The summed E-state index contributed by atoms with van der Waals surface area (Å²) in [4.78, 5) is 14.7. The van der Waals surface area contributed by atoms with Crippen LogP contribution in [-0.4, -0.2) is 49.1 Å². The van der Waals surface area contributed by atoms with Crippen LogP contribution in [0.25, 0.3) is 0 Å². The van der Waals surface area contributed by atoms with Crippen LogP contribution < -0.4 is 5.73 Å². The molecular weight excluding hydrogens is 142 g/mol. The van der Waals surface area contributed by atoms with Gasteiger partial charge in [0.2, 0.25) is 0 Å². The van der Waals surface area contributed by atoms with Gasteiger partial charge in [-0.1, -0.05) is 0 Å². The first-order valence-corrected chi connectivity index (χ1v) is 3.84. The van der Waals surface area contributed by atoms with Crippen LogP contribution in [0.5, 0.6) is 0 Å². The number of rotatable bonds is 2. The maximum atomic E-state index is 11.2. The zero-order chi connectivity index (χ0) is 8.43.